The van der Waals surface area contributed by atoms with Crippen LogP contribution in [0.25, 0.3) is 5.69 Å². The van der Waals surface area contributed by atoms with Crippen molar-refractivity contribution in [3.05, 3.63) is 76.1 Å². The number of hydrogen-bond donors (Lipinski definition) is 1. The minimum absolute atomic E-state index is 0.151. The van der Waals surface area contributed by atoms with Gasteiger partial charge in [0.15, 0.2) is 6.61 Å². The summed E-state index contributed by atoms with van der Waals surface area (Å²) in [7, 11) is 0. The fraction of sp³-hybridized carbons (Fsp3) is 0.227. The summed E-state index contributed by atoms with van der Waals surface area (Å²) < 4.78 is 6.65. The van der Waals surface area contributed by atoms with E-state index in [1.54, 1.807) is 6.92 Å². The van der Waals surface area contributed by atoms with Crippen LogP contribution < -0.4 is 5.32 Å². The number of nitrogens with one attached hydrogen (secondary N) is 1. The Kier molecular flexibility index (Phi) is 5.36. The molecule has 0 unspecified atom stereocenters. The van der Waals surface area contributed by atoms with Crippen LogP contribution in [0.5, 0.6) is 0 Å². The molecule has 2 aromatic carbocycles. The third-order valence-corrected chi connectivity index (χ3v) is 5.27. The number of ether oxygens (including phenoxy) is 1. The third-order valence-electron chi connectivity index (χ3n) is 4.93. The van der Waals surface area contributed by atoms with Gasteiger partial charge in [0.25, 0.3) is 5.91 Å². The first kappa shape index (κ1) is 19.2. The largest absolute Gasteiger partial charge is 0.452 e. The van der Waals surface area contributed by atoms with Crippen LogP contribution in [0.3, 0.4) is 0 Å². The van der Waals surface area contributed by atoms with Gasteiger partial charge in [-0.05, 0) is 61.6 Å². The molecule has 0 saturated carbocycles. The minimum Gasteiger partial charge on any atom is -0.452 e. The lowest BCUT2D eigenvalue weighted by Gasteiger charge is -2.08. The second kappa shape index (κ2) is 8.09. The quantitative estimate of drug-likeness (QED) is 0.643. The maximum absolute atomic E-state index is 12.5. The SMILES string of the molecule is Cc1nn(-c2ccccc2)c(Cl)c1C(=O)OCC(=O)Nc1ccc2c(c1)CCC2. The Balaban J connectivity index is 1.41. The van der Waals surface area contributed by atoms with E-state index in [0.717, 1.165) is 24.9 Å². The summed E-state index contributed by atoms with van der Waals surface area (Å²) in [6.45, 7) is 1.27. The molecular weight excluding hydrogens is 390 g/mol. The summed E-state index contributed by atoms with van der Waals surface area (Å²) in [6.07, 6.45) is 3.25. The Morgan fingerprint density at radius 3 is 2.69 bits per heavy atom. The first-order valence-corrected chi connectivity index (χ1v) is 9.80. The van der Waals surface area contributed by atoms with Crippen LogP contribution >= 0.6 is 11.6 Å². The summed E-state index contributed by atoms with van der Waals surface area (Å²) >= 11 is 6.36. The van der Waals surface area contributed by atoms with Gasteiger partial charge < -0.3 is 10.1 Å². The van der Waals surface area contributed by atoms with Crippen LogP contribution in [0.15, 0.2) is 48.5 Å². The van der Waals surface area contributed by atoms with E-state index >= 15 is 0 Å². The predicted molar refractivity (Wildman–Crippen MR) is 111 cm³/mol. The molecule has 0 saturated heterocycles. The molecule has 1 aromatic heterocycles. The van der Waals surface area contributed by atoms with Gasteiger partial charge in [0, 0.05) is 5.69 Å². The van der Waals surface area contributed by atoms with Crippen molar-refractivity contribution < 1.29 is 14.3 Å². The molecule has 0 bridgehead atoms. The zero-order chi connectivity index (χ0) is 20.4. The molecule has 7 heteroatoms. The number of nitrogens with zero attached hydrogens (tertiary/aromatic N) is 2. The number of carbonyl (C=O) groups is 2. The molecule has 1 N–H and O–H groups in total. The van der Waals surface area contributed by atoms with E-state index in [1.807, 2.05) is 48.5 Å². The first-order chi connectivity index (χ1) is 14.0. The molecule has 1 aliphatic carbocycles. The molecule has 0 aliphatic heterocycles. The Bertz CT molecular complexity index is 1080. The monoisotopic (exact) mass is 409 g/mol. The number of esters is 1. The summed E-state index contributed by atoms with van der Waals surface area (Å²) in [5.41, 5.74) is 4.61. The lowest BCUT2D eigenvalue weighted by Crippen LogP contribution is -2.21. The second-order valence-corrected chi connectivity index (χ2v) is 7.32. The molecule has 0 spiro atoms. The molecule has 0 fully saturated rings. The van der Waals surface area contributed by atoms with Crippen LogP contribution in [0.4, 0.5) is 5.69 Å². The van der Waals surface area contributed by atoms with Gasteiger partial charge in [0.1, 0.15) is 10.7 Å². The van der Waals surface area contributed by atoms with Crippen molar-refractivity contribution in [1.29, 1.82) is 0 Å². The topological polar surface area (TPSA) is 73.2 Å². The maximum atomic E-state index is 12.5. The van der Waals surface area contributed by atoms with Crippen LogP contribution in [-0.2, 0) is 22.4 Å². The van der Waals surface area contributed by atoms with Gasteiger partial charge in [-0.2, -0.15) is 5.10 Å². The number of carbonyl (C=O) groups excluding carboxylic acids is 2. The highest BCUT2D eigenvalue weighted by Crippen LogP contribution is 2.26. The Morgan fingerprint density at radius 2 is 1.90 bits per heavy atom. The van der Waals surface area contributed by atoms with Crippen molar-refractivity contribution in [2.75, 3.05) is 11.9 Å². The van der Waals surface area contributed by atoms with E-state index in [-0.39, 0.29) is 10.7 Å². The van der Waals surface area contributed by atoms with Crippen LogP contribution in [0.2, 0.25) is 5.15 Å². The number of hydrogen-bond acceptors (Lipinski definition) is 4. The van der Waals surface area contributed by atoms with E-state index in [2.05, 4.69) is 10.4 Å². The fourth-order valence-electron chi connectivity index (χ4n) is 3.52. The summed E-state index contributed by atoms with van der Waals surface area (Å²) in [4.78, 5) is 24.7. The molecular formula is C22H20ClN3O3. The lowest BCUT2D eigenvalue weighted by atomic mass is 10.1. The van der Waals surface area contributed by atoms with E-state index in [4.69, 9.17) is 16.3 Å². The molecule has 29 heavy (non-hydrogen) atoms. The van der Waals surface area contributed by atoms with Crippen molar-refractivity contribution in [1.82, 2.24) is 9.78 Å². The number of benzene rings is 2. The van der Waals surface area contributed by atoms with Gasteiger partial charge in [-0.1, -0.05) is 35.9 Å². The highest BCUT2D eigenvalue weighted by atomic mass is 35.5. The number of amides is 1. The number of aryl methyl sites for hydroxylation is 3. The van der Waals surface area contributed by atoms with Gasteiger partial charge in [-0.25, -0.2) is 9.48 Å². The number of para-hydroxylation sites is 1. The van der Waals surface area contributed by atoms with Gasteiger partial charge in [-0.3, -0.25) is 4.79 Å². The second-order valence-electron chi connectivity index (χ2n) is 6.96. The highest BCUT2D eigenvalue weighted by Gasteiger charge is 2.23. The van der Waals surface area contributed by atoms with Gasteiger partial charge in [0.2, 0.25) is 0 Å². The fourth-order valence-corrected chi connectivity index (χ4v) is 3.87. The summed E-state index contributed by atoms with van der Waals surface area (Å²) in [5.74, 6) is -1.08. The third kappa shape index (κ3) is 4.03. The molecule has 1 amide bonds. The molecule has 1 heterocycles. The lowest BCUT2D eigenvalue weighted by molar-refractivity contribution is -0.119. The summed E-state index contributed by atoms with van der Waals surface area (Å²) in [5, 5.41) is 7.23. The van der Waals surface area contributed by atoms with E-state index in [9.17, 15) is 9.59 Å². The van der Waals surface area contributed by atoms with Crippen molar-refractivity contribution in [2.24, 2.45) is 0 Å². The molecule has 4 rings (SSSR count). The van der Waals surface area contributed by atoms with E-state index < -0.39 is 18.5 Å². The van der Waals surface area contributed by atoms with Crippen molar-refractivity contribution in [3.8, 4) is 5.69 Å². The smallest absolute Gasteiger partial charge is 0.343 e. The van der Waals surface area contributed by atoms with Crippen LogP contribution in [0, 0.1) is 6.92 Å². The Morgan fingerprint density at radius 1 is 1.14 bits per heavy atom. The molecule has 148 valence electrons. The molecule has 3 aromatic rings. The number of halogens is 1. The zero-order valence-electron chi connectivity index (χ0n) is 15.9. The Hall–Kier alpha value is -3.12. The number of aromatic nitrogens is 2. The van der Waals surface area contributed by atoms with Crippen molar-refractivity contribution in [3.63, 3.8) is 0 Å². The number of anilines is 1. The van der Waals surface area contributed by atoms with Gasteiger partial charge in [0.05, 0.1) is 11.4 Å². The predicted octanol–water partition coefficient (Wildman–Crippen LogP) is 4.12. The average Bonchev–Trinajstić information content (AvgIpc) is 3.30. The standard InChI is InChI=1S/C22H20ClN3O3/c1-14-20(21(23)26(25-14)18-8-3-2-4-9-18)22(28)29-13-19(27)24-17-11-10-15-6-5-7-16(15)12-17/h2-4,8-12H,5-7,13H2,1H3,(H,24,27). The number of fused-ring (bicyclic) bond motifs is 1. The van der Waals surface area contributed by atoms with Crippen LogP contribution in [0.1, 0.15) is 33.6 Å². The molecule has 1 aliphatic rings. The normalized spacial score (nSPS) is 12.5. The van der Waals surface area contributed by atoms with Gasteiger partial charge in [-0.15, -0.1) is 0 Å². The van der Waals surface area contributed by atoms with Crippen LogP contribution in [-0.4, -0.2) is 28.3 Å². The maximum Gasteiger partial charge on any atom is 0.343 e. The van der Waals surface area contributed by atoms with Crippen molar-refractivity contribution in [2.45, 2.75) is 26.2 Å². The Labute approximate surface area is 173 Å². The summed E-state index contributed by atoms with van der Waals surface area (Å²) in [6, 6.07) is 15.1. The van der Waals surface area contributed by atoms with E-state index in [0.29, 0.717) is 11.4 Å². The van der Waals surface area contributed by atoms with Crippen molar-refractivity contribution >= 4 is 29.2 Å². The highest BCUT2D eigenvalue weighted by molar-refractivity contribution is 6.33. The molecule has 0 radical (unpaired) electrons. The first-order valence-electron chi connectivity index (χ1n) is 9.42. The molecule has 0 atom stereocenters. The van der Waals surface area contributed by atoms with E-state index in [1.165, 1.54) is 15.8 Å². The minimum atomic E-state index is -0.682. The average molecular weight is 410 g/mol. The molecule has 6 nitrogen and oxygen atoms in total. The zero-order valence-corrected chi connectivity index (χ0v) is 16.7. The number of rotatable bonds is 5. The van der Waals surface area contributed by atoms with Gasteiger partial charge >= 0.3 is 5.97 Å².